The third kappa shape index (κ3) is 2.05. The maximum absolute atomic E-state index is 12.6. The highest BCUT2D eigenvalue weighted by molar-refractivity contribution is 5.58. The van der Waals surface area contributed by atoms with Gasteiger partial charge in [-0.25, -0.2) is 4.39 Å². The molecule has 2 rings (SSSR count). The first-order valence-electron chi connectivity index (χ1n) is 4.26. The Hall–Kier alpha value is -1.85. The summed E-state index contributed by atoms with van der Waals surface area (Å²) < 4.78 is 53.3. The Morgan fingerprint density at radius 3 is 2.19 bits per heavy atom. The summed E-state index contributed by atoms with van der Waals surface area (Å²) in [5.41, 5.74) is 0.382. The van der Waals surface area contributed by atoms with Gasteiger partial charge in [0, 0.05) is 11.6 Å². The number of benzene rings is 1. The van der Waals surface area contributed by atoms with Gasteiger partial charge in [-0.05, 0) is 24.3 Å². The number of alkyl halides is 3. The van der Waals surface area contributed by atoms with Gasteiger partial charge in [0.2, 0.25) is 5.76 Å². The molecule has 0 atom stereocenters. The number of nitrogens with zero attached hydrogens (tertiary/aromatic N) is 1. The van der Waals surface area contributed by atoms with E-state index in [0.29, 0.717) is 5.56 Å². The highest BCUT2D eigenvalue weighted by Crippen LogP contribution is 2.31. The van der Waals surface area contributed by atoms with Crippen molar-refractivity contribution in [3.8, 4) is 11.3 Å². The Morgan fingerprint density at radius 1 is 1.06 bits per heavy atom. The molecular weight excluding hydrogens is 226 g/mol. The summed E-state index contributed by atoms with van der Waals surface area (Å²) in [5.74, 6) is -1.64. The summed E-state index contributed by atoms with van der Waals surface area (Å²) >= 11 is 0. The van der Waals surface area contributed by atoms with Gasteiger partial charge < -0.3 is 4.52 Å². The smallest absolute Gasteiger partial charge is 0.351 e. The summed E-state index contributed by atoms with van der Waals surface area (Å²) in [6.45, 7) is 0. The van der Waals surface area contributed by atoms with E-state index in [1.807, 2.05) is 0 Å². The first-order valence-corrected chi connectivity index (χ1v) is 4.26. The number of hydrogen-bond donors (Lipinski definition) is 0. The second-order valence-electron chi connectivity index (χ2n) is 3.08. The van der Waals surface area contributed by atoms with Crippen LogP contribution in [0.2, 0.25) is 0 Å². The molecule has 6 heteroatoms. The summed E-state index contributed by atoms with van der Waals surface area (Å²) in [5, 5.41) is 3.27. The van der Waals surface area contributed by atoms with Crippen molar-refractivity contribution < 1.29 is 22.1 Å². The lowest BCUT2D eigenvalue weighted by molar-refractivity contribution is -0.155. The minimum atomic E-state index is -4.56. The Morgan fingerprint density at radius 2 is 1.69 bits per heavy atom. The zero-order chi connectivity index (χ0) is 11.8. The molecule has 0 radical (unpaired) electrons. The van der Waals surface area contributed by atoms with E-state index in [0.717, 1.165) is 18.2 Å². The molecule has 0 aliphatic carbocycles. The van der Waals surface area contributed by atoms with Crippen molar-refractivity contribution in [3.05, 3.63) is 41.9 Å². The van der Waals surface area contributed by atoms with Crippen LogP contribution in [0.1, 0.15) is 5.76 Å². The van der Waals surface area contributed by atoms with Crippen molar-refractivity contribution in [3.63, 3.8) is 0 Å². The van der Waals surface area contributed by atoms with E-state index in [9.17, 15) is 17.6 Å². The lowest BCUT2D eigenvalue weighted by atomic mass is 10.1. The number of halogens is 4. The molecule has 2 nitrogen and oxygen atoms in total. The number of hydrogen-bond acceptors (Lipinski definition) is 2. The van der Waals surface area contributed by atoms with Crippen LogP contribution in [0.25, 0.3) is 11.3 Å². The Balaban J connectivity index is 2.35. The van der Waals surface area contributed by atoms with Crippen LogP contribution in [0.3, 0.4) is 0 Å². The highest BCUT2D eigenvalue weighted by Gasteiger charge is 2.36. The summed E-state index contributed by atoms with van der Waals surface area (Å²) in [7, 11) is 0. The molecule has 0 spiro atoms. The quantitative estimate of drug-likeness (QED) is 0.702. The third-order valence-corrected chi connectivity index (χ3v) is 1.93. The largest absolute Gasteiger partial charge is 0.452 e. The lowest BCUT2D eigenvalue weighted by Crippen LogP contribution is -2.02. The second-order valence-corrected chi connectivity index (χ2v) is 3.08. The van der Waals surface area contributed by atoms with Gasteiger partial charge in [0.25, 0.3) is 0 Å². The molecule has 0 fully saturated rings. The van der Waals surface area contributed by atoms with Gasteiger partial charge >= 0.3 is 6.18 Å². The third-order valence-electron chi connectivity index (χ3n) is 1.93. The summed E-state index contributed by atoms with van der Waals surface area (Å²) in [4.78, 5) is 0. The van der Waals surface area contributed by atoms with Crippen molar-refractivity contribution in [1.29, 1.82) is 0 Å². The molecule has 0 amide bonds. The van der Waals surface area contributed by atoms with Gasteiger partial charge in [0.1, 0.15) is 11.5 Å². The zero-order valence-electron chi connectivity index (χ0n) is 7.75. The van der Waals surface area contributed by atoms with Crippen LogP contribution < -0.4 is 0 Å². The molecule has 1 heterocycles. The van der Waals surface area contributed by atoms with Crippen molar-refractivity contribution in [2.24, 2.45) is 0 Å². The minimum Gasteiger partial charge on any atom is -0.351 e. The normalized spacial score (nSPS) is 11.8. The van der Waals surface area contributed by atoms with Crippen LogP contribution in [-0.4, -0.2) is 5.16 Å². The Kier molecular flexibility index (Phi) is 2.41. The molecule has 1 aromatic carbocycles. The fraction of sp³-hybridized carbons (Fsp3) is 0.100. The summed E-state index contributed by atoms with van der Waals surface area (Å²) in [6.07, 6.45) is -4.56. The van der Waals surface area contributed by atoms with Crippen LogP contribution in [0, 0.1) is 5.82 Å². The van der Waals surface area contributed by atoms with Crippen molar-refractivity contribution in [2.75, 3.05) is 0 Å². The monoisotopic (exact) mass is 231 g/mol. The molecule has 84 valence electrons. The van der Waals surface area contributed by atoms with E-state index < -0.39 is 17.8 Å². The first-order chi connectivity index (χ1) is 7.47. The van der Waals surface area contributed by atoms with Gasteiger partial charge in [-0.3, -0.25) is 0 Å². The number of aromatic nitrogens is 1. The van der Waals surface area contributed by atoms with Crippen molar-refractivity contribution in [2.45, 2.75) is 6.18 Å². The van der Waals surface area contributed by atoms with E-state index >= 15 is 0 Å². The molecule has 0 bridgehead atoms. The van der Waals surface area contributed by atoms with E-state index in [-0.39, 0.29) is 5.69 Å². The average Bonchev–Trinajstić information content (AvgIpc) is 2.67. The minimum absolute atomic E-state index is 0.0207. The molecule has 16 heavy (non-hydrogen) atoms. The van der Waals surface area contributed by atoms with Gasteiger partial charge in [-0.1, -0.05) is 5.16 Å². The van der Waals surface area contributed by atoms with Gasteiger partial charge in [0.05, 0.1) is 0 Å². The van der Waals surface area contributed by atoms with Gasteiger partial charge in [-0.15, -0.1) is 0 Å². The molecule has 0 aliphatic heterocycles. The van der Waals surface area contributed by atoms with Crippen LogP contribution in [0.15, 0.2) is 34.9 Å². The van der Waals surface area contributed by atoms with E-state index in [2.05, 4.69) is 9.68 Å². The van der Waals surface area contributed by atoms with Gasteiger partial charge in [0.15, 0.2) is 0 Å². The zero-order valence-corrected chi connectivity index (χ0v) is 7.75. The molecule has 0 unspecified atom stereocenters. The summed E-state index contributed by atoms with van der Waals surface area (Å²) in [6, 6.07) is 5.70. The maximum atomic E-state index is 12.6. The first kappa shape index (κ1) is 10.7. The predicted molar refractivity (Wildman–Crippen MR) is 46.9 cm³/mol. The standard InChI is InChI=1S/C10H5F4NO/c11-7-3-1-6(2-4-7)8-5-9(16-15-8)10(12,13)14/h1-5H. The molecular formula is C10H5F4NO. The van der Waals surface area contributed by atoms with Crippen LogP contribution >= 0.6 is 0 Å². The molecule has 0 saturated heterocycles. The Labute approximate surface area is 87.5 Å². The lowest BCUT2D eigenvalue weighted by Gasteiger charge is -1.97. The molecule has 0 N–H and O–H groups in total. The average molecular weight is 231 g/mol. The second kappa shape index (κ2) is 3.62. The maximum Gasteiger partial charge on any atom is 0.452 e. The molecule has 0 aliphatic rings. The SMILES string of the molecule is Fc1ccc(-c2cc(C(F)(F)F)on2)cc1. The number of rotatable bonds is 1. The molecule has 1 aromatic heterocycles. The van der Waals surface area contributed by atoms with Crippen molar-refractivity contribution in [1.82, 2.24) is 5.16 Å². The van der Waals surface area contributed by atoms with E-state index in [1.165, 1.54) is 12.1 Å². The molecule has 0 saturated carbocycles. The van der Waals surface area contributed by atoms with Gasteiger partial charge in [-0.2, -0.15) is 13.2 Å². The van der Waals surface area contributed by atoms with E-state index in [4.69, 9.17) is 0 Å². The predicted octanol–water partition coefficient (Wildman–Crippen LogP) is 3.50. The van der Waals surface area contributed by atoms with Crippen molar-refractivity contribution >= 4 is 0 Å². The fourth-order valence-electron chi connectivity index (χ4n) is 1.17. The Bertz CT molecular complexity index is 486. The van der Waals surface area contributed by atoms with Crippen LogP contribution in [-0.2, 0) is 6.18 Å². The highest BCUT2D eigenvalue weighted by atomic mass is 19.4. The van der Waals surface area contributed by atoms with E-state index in [1.54, 1.807) is 0 Å². The van der Waals surface area contributed by atoms with Crippen LogP contribution in [0.5, 0.6) is 0 Å². The molecule has 2 aromatic rings. The fourth-order valence-corrected chi connectivity index (χ4v) is 1.17. The topological polar surface area (TPSA) is 26.0 Å². The van der Waals surface area contributed by atoms with Crippen LogP contribution in [0.4, 0.5) is 17.6 Å².